The van der Waals surface area contributed by atoms with Crippen LogP contribution in [0, 0.1) is 0 Å². The molecule has 3 aromatic rings. The molecule has 1 saturated heterocycles. The van der Waals surface area contributed by atoms with Crippen molar-refractivity contribution in [1.82, 2.24) is 5.32 Å². The lowest BCUT2D eigenvalue weighted by molar-refractivity contribution is -0.207. The third-order valence-corrected chi connectivity index (χ3v) is 6.82. The summed E-state index contributed by atoms with van der Waals surface area (Å²) in [6.45, 7) is 0.983. The quantitative estimate of drug-likeness (QED) is 0.378. The number of rotatable bonds is 9. The molecule has 6 heteroatoms. The van der Waals surface area contributed by atoms with Crippen molar-refractivity contribution in [3.05, 3.63) is 100 Å². The number of hydrogen-bond donors (Lipinski definition) is 1. The molecule has 1 heterocycles. The Morgan fingerprint density at radius 1 is 0.939 bits per heavy atom. The van der Waals surface area contributed by atoms with Gasteiger partial charge in [-0.3, -0.25) is 0 Å². The second-order valence-corrected chi connectivity index (χ2v) is 8.91. The molecule has 2 unspecified atom stereocenters. The summed E-state index contributed by atoms with van der Waals surface area (Å²) in [4.78, 5) is 0. The van der Waals surface area contributed by atoms with Crippen LogP contribution in [0.3, 0.4) is 0 Å². The van der Waals surface area contributed by atoms with E-state index in [1.54, 1.807) is 12.1 Å². The van der Waals surface area contributed by atoms with E-state index in [2.05, 4.69) is 29.6 Å². The Balaban J connectivity index is 1.74. The van der Waals surface area contributed by atoms with Crippen LogP contribution in [0.25, 0.3) is 0 Å². The van der Waals surface area contributed by atoms with Gasteiger partial charge >= 0.3 is 0 Å². The monoisotopic (exact) mass is 485 g/mol. The molecule has 33 heavy (non-hydrogen) atoms. The minimum atomic E-state index is -0.667. The van der Waals surface area contributed by atoms with E-state index in [-0.39, 0.29) is 12.9 Å². The van der Waals surface area contributed by atoms with Crippen LogP contribution in [0.4, 0.5) is 0 Å². The van der Waals surface area contributed by atoms with Crippen molar-refractivity contribution in [3.8, 4) is 5.75 Å². The van der Waals surface area contributed by atoms with E-state index in [0.29, 0.717) is 22.4 Å². The molecule has 1 N–H and O–H groups in total. The second kappa shape index (κ2) is 11.4. The lowest BCUT2D eigenvalue weighted by atomic mass is 9.78. The minimum absolute atomic E-state index is 0.280. The smallest absolute Gasteiger partial charge is 0.158 e. The molecule has 0 amide bonds. The Morgan fingerprint density at radius 2 is 1.61 bits per heavy atom. The van der Waals surface area contributed by atoms with Crippen LogP contribution in [-0.2, 0) is 15.0 Å². The van der Waals surface area contributed by atoms with E-state index in [0.717, 1.165) is 30.4 Å². The van der Waals surface area contributed by atoms with Gasteiger partial charge in [0.1, 0.15) is 18.5 Å². The Kier molecular flexibility index (Phi) is 8.29. The highest BCUT2D eigenvalue weighted by molar-refractivity contribution is 6.42. The van der Waals surface area contributed by atoms with E-state index in [1.807, 2.05) is 49.5 Å². The third-order valence-electron chi connectivity index (χ3n) is 6.08. The molecule has 0 aliphatic carbocycles. The molecular formula is C27H29Cl2NO3. The molecule has 1 aliphatic rings. The second-order valence-electron chi connectivity index (χ2n) is 8.10. The number of likely N-dealkylation sites (N-methyl/N-ethyl adjacent to an activating group) is 1. The highest BCUT2D eigenvalue weighted by Gasteiger charge is 2.44. The van der Waals surface area contributed by atoms with Crippen LogP contribution in [0.1, 0.15) is 30.4 Å². The van der Waals surface area contributed by atoms with Crippen molar-refractivity contribution < 1.29 is 14.2 Å². The average Bonchev–Trinajstić information content (AvgIpc) is 2.87. The van der Waals surface area contributed by atoms with E-state index in [9.17, 15) is 0 Å². The summed E-state index contributed by atoms with van der Waals surface area (Å²) in [5.41, 5.74) is 1.49. The van der Waals surface area contributed by atoms with Crippen LogP contribution in [0.15, 0.2) is 78.9 Å². The number of halogens is 2. The molecule has 4 rings (SSSR count). The summed E-state index contributed by atoms with van der Waals surface area (Å²) in [6, 6.07) is 25.9. The molecule has 174 valence electrons. The zero-order chi connectivity index (χ0) is 23.1. The lowest BCUT2D eigenvalue weighted by Gasteiger charge is -2.43. The summed E-state index contributed by atoms with van der Waals surface area (Å²) < 4.78 is 18.9. The van der Waals surface area contributed by atoms with E-state index in [4.69, 9.17) is 37.4 Å². The molecule has 0 radical (unpaired) electrons. The van der Waals surface area contributed by atoms with Gasteiger partial charge in [-0.05, 0) is 49.6 Å². The van der Waals surface area contributed by atoms with E-state index >= 15 is 0 Å². The Morgan fingerprint density at radius 3 is 2.15 bits per heavy atom. The van der Waals surface area contributed by atoms with Crippen molar-refractivity contribution in [2.45, 2.75) is 37.2 Å². The predicted octanol–water partition coefficient (Wildman–Crippen LogP) is 6.45. The van der Waals surface area contributed by atoms with Crippen LogP contribution in [0.2, 0.25) is 10.0 Å². The number of hydrogen-bond acceptors (Lipinski definition) is 4. The van der Waals surface area contributed by atoms with Gasteiger partial charge in [0.2, 0.25) is 0 Å². The minimum Gasteiger partial charge on any atom is -0.491 e. The first-order valence-corrected chi connectivity index (χ1v) is 12.0. The van der Waals surface area contributed by atoms with Crippen LogP contribution >= 0.6 is 23.2 Å². The van der Waals surface area contributed by atoms with Crippen molar-refractivity contribution >= 4 is 23.2 Å². The van der Waals surface area contributed by atoms with Crippen molar-refractivity contribution in [1.29, 1.82) is 0 Å². The fourth-order valence-corrected chi connectivity index (χ4v) is 4.68. The molecule has 0 bridgehead atoms. The van der Waals surface area contributed by atoms with Crippen molar-refractivity contribution in [3.63, 3.8) is 0 Å². The van der Waals surface area contributed by atoms with Crippen molar-refractivity contribution in [2.75, 3.05) is 20.3 Å². The number of benzene rings is 3. The van der Waals surface area contributed by atoms with Gasteiger partial charge in [-0.25, -0.2) is 0 Å². The van der Waals surface area contributed by atoms with E-state index in [1.165, 1.54) is 0 Å². The fraction of sp³-hybridized carbons (Fsp3) is 0.333. The maximum atomic E-state index is 6.66. The summed E-state index contributed by atoms with van der Waals surface area (Å²) in [5, 5.41) is 4.53. The number of ether oxygens (including phenoxy) is 3. The lowest BCUT2D eigenvalue weighted by Crippen LogP contribution is -2.55. The molecule has 0 spiro atoms. The summed E-state index contributed by atoms with van der Waals surface area (Å²) in [7, 11) is 1.96. The standard InChI is InChI=1S/C27H29Cl2NO3/c1-30-27(20-10-4-2-5-11-20,21-12-6-3-7-13-21)25(33-26-14-8-9-17-31-26)19-32-22-15-16-23(28)24(29)18-22/h2-7,10-13,15-16,18,25-26,30H,8-9,14,17,19H2,1H3. The van der Waals surface area contributed by atoms with Crippen LogP contribution < -0.4 is 10.1 Å². The zero-order valence-corrected chi connectivity index (χ0v) is 20.2. The predicted molar refractivity (Wildman–Crippen MR) is 133 cm³/mol. The van der Waals surface area contributed by atoms with E-state index < -0.39 is 11.6 Å². The summed E-state index contributed by atoms with van der Waals surface area (Å²) in [6.07, 6.45) is 2.30. The fourth-order valence-electron chi connectivity index (χ4n) is 4.40. The Bertz CT molecular complexity index is 971. The maximum absolute atomic E-state index is 6.66. The molecule has 2 atom stereocenters. The largest absolute Gasteiger partial charge is 0.491 e. The van der Waals surface area contributed by atoms with Gasteiger partial charge in [-0.1, -0.05) is 83.9 Å². The van der Waals surface area contributed by atoms with Crippen molar-refractivity contribution in [2.24, 2.45) is 0 Å². The first-order chi connectivity index (χ1) is 16.1. The molecule has 4 nitrogen and oxygen atoms in total. The van der Waals surface area contributed by atoms with Gasteiger partial charge in [0.05, 0.1) is 15.6 Å². The average molecular weight is 486 g/mol. The first kappa shape index (κ1) is 24.1. The zero-order valence-electron chi connectivity index (χ0n) is 18.7. The summed E-state index contributed by atoms with van der Waals surface area (Å²) in [5.74, 6) is 0.633. The van der Waals surface area contributed by atoms with Gasteiger partial charge < -0.3 is 19.5 Å². The maximum Gasteiger partial charge on any atom is 0.158 e. The Hall–Kier alpha value is -2.08. The molecule has 0 aromatic heterocycles. The molecular weight excluding hydrogens is 457 g/mol. The van der Waals surface area contributed by atoms with Gasteiger partial charge in [0.15, 0.2) is 6.29 Å². The van der Waals surface area contributed by atoms with Gasteiger partial charge in [-0.2, -0.15) is 0 Å². The van der Waals surface area contributed by atoms with Gasteiger partial charge in [-0.15, -0.1) is 0 Å². The van der Waals surface area contributed by atoms with Crippen LogP contribution in [0.5, 0.6) is 5.75 Å². The topological polar surface area (TPSA) is 39.7 Å². The molecule has 1 fully saturated rings. The van der Waals surface area contributed by atoms with Gasteiger partial charge in [0, 0.05) is 12.7 Å². The third kappa shape index (κ3) is 5.53. The molecule has 1 aliphatic heterocycles. The molecule has 3 aromatic carbocycles. The normalized spacial score (nSPS) is 17.5. The highest BCUT2D eigenvalue weighted by atomic mass is 35.5. The Labute approximate surface area is 205 Å². The molecule has 0 saturated carbocycles. The van der Waals surface area contributed by atoms with Crippen LogP contribution in [-0.4, -0.2) is 32.7 Å². The highest BCUT2D eigenvalue weighted by Crippen LogP contribution is 2.37. The number of nitrogens with one attached hydrogen (secondary N) is 1. The SMILES string of the molecule is CNC(c1ccccc1)(c1ccccc1)C(COc1ccc(Cl)c(Cl)c1)OC1CCCCO1. The summed E-state index contributed by atoms with van der Waals surface area (Å²) >= 11 is 12.3. The van der Waals surface area contributed by atoms with Gasteiger partial charge in [0.25, 0.3) is 0 Å². The first-order valence-electron chi connectivity index (χ1n) is 11.3.